The molecule has 296 valence electrons. The lowest BCUT2D eigenvalue weighted by atomic mass is 9.73. The number of likely N-dealkylation sites (N-methyl/N-ethyl adjacent to an activating group) is 1. The number of methoxy groups -OCH3 is 1. The van der Waals surface area contributed by atoms with E-state index in [0.29, 0.717) is 12.0 Å². The Hall–Kier alpha value is -3.43. The maximum atomic E-state index is 14.6. The van der Waals surface area contributed by atoms with Gasteiger partial charge in [-0.05, 0) is 66.6 Å². The molecule has 0 unspecified atom stereocenters. The van der Waals surface area contributed by atoms with Gasteiger partial charge in [0.2, 0.25) is 5.91 Å². The minimum atomic E-state index is -1.60. The van der Waals surface area contributed by atoms with E-state index in [1.165, 1.54) is 14.0 Å². The number of benzene rings is 1. The molecule has 0 bridgehead atoms. The molecule has 0 aromatic heterocycles. The number of cyclic esters (lactones) is 1. The third-order valence-corrected chi connectivity index (χ3v) is 11.5. The number of Topliss-reactive ketones (excluding diaryl/α,β-unsaturated/α-hetero) is 2. The lowest BCUT2D eigenvalue weighted by Gasteiger charge is -2.47. The summed E-state index contributed by atoms with van der Waals surface area (Å²) in [6.07, 6.45) is -4.87. The molecular formula is C39H59N3O11. The largest absolute Gasteiger partial charge is 0.457 e. The molecule has 3 fully saturated rings. The van der Waals surface area contributed by atoms with E-state index in [4.69, 9.17) is 23.7 Å². The molecule has 3 saturated heterocycles. The van der Waals surface area contributed by atoms with Crippen molar-refractivity contribution in [1.29, 1.82) is 0 Å². The number of nitrogens with zero attached hydrogens (tertiary/aromatic N) is 2. The highest BCUT2D eigenvalue weighted by molar-refractivity contribution is 6.00. The normalized spacial score (nSPS) is 38.9. The highest BCUT2D eigenvalue weighted by atomic mass is 16.7. The third kappa shape index (κ3) is 8.77. The Morgan fingerprint density at radius 2 is 1.66 bits per heavy atom. The number of aliphatic hydroxyl groups is 1. The van der Waals surface area contributed by atoms with Crippen LogP contribution in [0.2, 0.25) is 0 Å². The van der Waals surface area contributed by atoms with Gasteiger partial charge in [0.15, 0.2) is 17.7 Å². The maximum Gasteiger partial charge on any atom is 0.429 e. The first kappa shape index (κ1) is 42.3. The van der Waals surface area contributed by atoms with Gasteiger partial charge < -0.3 is 33.7 Å². The second kappa shape index (κ2) is 16.9. The fraction of sp³-hybridized carbons (Fsp3) is 0.718. The van der Waals surface area contributed by atoms with E-state index in [1.807, 2.05) is 32.0 Å². The average molecular weight is 746 g/mol. The minimum Gasteiger partial charge on any atom is -0.457 e. The molecule has 53 heavy (non-hydrogen) atoms. The van der Waals surface area contributed by atoms with Crippen LogP contribution in [0.3, 0.4) is 0 Å². The zero-order chi connectivity index (χ0) is 39.6. The van der Waals surface area contributed by atoms with E-state index in [0.717, 1.165) is 5.01 Å². The zero-order valence-corrected chi connectivity index (χ0v) is 33.0. The van der Waals surface area contributed by atoms with Gasteiger partial charge >= 0.3 is 12.1 Å². The first-order valence-corrected chi connectivity index (χ1v) is 18.6. The van der Waals surface area contributed by atoms with Crippen LogP contribution in [0.15, 0.2) is 30.3 Å². The van der Waals surface area contributed by atoms with Gasteiger partial charge in [-0.2, -0.15) is 0 Å². The summed E-state index contributed by atoms with van der Waals surface area (Å²) in [5.74, 6) is -6.11. The van der Waals surface area contributed by atoms with Crippen molar-refractivity contribution in [3.63, 3.8) is 0 Å². The Morgan fingerprint density at radius 1 is 1.02 bits per heavy atom. The van der Waals surface area contributed by atoms with E-state index >= 15 is 0 Å². The summed E-state index contributed by atoms with van der Waals surface area (Å²) < 4.78 is 30.7. The Morgan fingerprint density at radius 3 is 2.25 bits per heavy atom. The number of amides is 2. The van der Waals surface area contributed by atoms with Crippen LogP contribution in [-0.2, 0) is 49.3 Å². The van der Waals surface area contributed by atoms with Crippen molar-refractivity contribution in [2.24, 2.45) is 23.7 Å². The van der Waals surface area contributed by atoms with Crippen molar-refractivity contribution in [3.05, 3.63) is 35.9 Å². The van der Waals surface area contributed by atoms with Gasteiger partial charge in [-0.15, -0.1) is 0 Å². The molecule has 1 aromatic carbocycles. The van der Waals surface area contributed by atoms with Gasteiger partial charge in [0.1, 0.15) is 30.0 Å². The maximum absolute atomic E-state index is 14.6. The van der Waals surface area contributed by atoms with Gasteiger partial charge in [-0.3, -0.25) is 24.6 Å². The second-order valence-electron chi connectivity index (χ2n) is 15.8. The number of nitrogens with one attached hydrogen (secondary N) is 1. The van der Waals surface area contributed by atoms with Crippen LogP contribution in [0.5, 0.6) is 0 Å². The number of hydrazine groups is 1. The lowest BCUT2D eigenvalue weighted by molar-refractivity contribution is -0.295. The molecule has 2 amide bonds. The van der Waals surface area contributed by atoms with Gasteiger partial charge in [0.05, 0.1) is 24.2 Å². The number of ether oxygens (including phenoxy) is 5. The topological polar surface area (TPSA) is 170 Å². The Labute approximate surface area is 313 Å². The molecule has 0 saturated carbocycles. The summed E-state index contributed by atoms with van der Waals surface area (Å²) in [6.45, 7) is 13.4. The summed E-state index contributed by atoms with van der Waals surface area (Å²) in [5, 5.41) is 12.4. The van der Waals surface area contributed by atoms with Crippen LogP contribution >= 0.6 is 0 Å². The molecule has 14 nitrogen and oxygen atoms in total. The molecular weight excluding hydrogens is 686 g/mol. The van der Waals surface area contributed by atoms with Gasteiger partial charge in [-0.25, -0.2) is 9.80 Å². The quantitative estimate of drug-likeness (QED) is 0.294. The third-order valence-electron chi connectivity index (χ3n) is 11.5. The summed E-state index contributed by atoms with van der Waals surface area (Å²) >= 11 is 0. The number of aliphatic hydroxyl groups excluding tert-OH is 1. The summed E-state index contributed by atoms with van der Waals surface area (Å²) in [4.78, 5) is 71.4. The molecule has 0 radical (unpaired) electrons. The molecule has 13 atom stereocenters. The first-order chi connectivity index (χ1) is 24.8. The predicted octanol–water partition coefficient (Wildman–Crippen LogP) is 3.46. The number of fused-ring (bicyclic) bond motifs is 1. The number of carbonyl (C=O) groups is 5. The van der Waals surface area contributed by atoms with E-state index in [-0.39, 0.29) is 37.2 Å². The summed E-state index contributed by atoms with van der Waals surface area (Å²) in [7, 11) is 5.16. The molecule has 14 heteroatoms. The Bertz CT molecular complexity index is 1490. The van der Waals surface area contributed by atoms with E-state index in [9.17, 15) is 29.1 Å². The number of carbonyl (C=O) groups excluding carboxylic acids is 5. The van der Waals surface area contributed by atoms with Crippen molar-refractivity contribution < 1.29 is 52.8 Å². The monoisotopic (exact) mass is 745 g/mol. The van der Waals surface area contributed by atoms with E-state index < -0.39 is 89.3 Å². The average Bonchev–Trinajstić information content (AvgIpc) is 3.37. The lowest BCUT2D eigenvalue weighted by Crippen LogP contribution is -2.61. The van der Waals surface area contributed by atoms with Gasteiger partial charge in [-0.1, -0.05) is 58.0 Å². The van der Waals surface area contributed by atoms with Crippen molar-refractivity contribution in [2.75, 3.05) is 21.2 Å². The van der Waals surface area contributed by atoms with Crippen LogP contribution in [0, 0.1) is 23.7 Å². The Balaban J connectivity index is 1.76. The van der Waals surface area contributed by atoms with Crippen molar-refractivity contribution in [3.8, 4) is 0 Å². The smallest absolute Gasteiger partial charge is 0.429 e. The van der Waals surface area contributed by atoms with Crippen molar-refractivity contribution in [1.82, 2.24) is 15.3 Å². The highest BCUT2D eigenvalue weighted by Gasteiger charge is 2.61. The van der Waals surface area contributed by atoms with Crippen LogP contribution < -0.4 is 5.43 Å². The van der Waals surface area contributed by atoms with Crippen LogP contribution in [0.4, 0.5) is 4.79 Å². The Kier molecular flexibility index (Phi) is 13.5. The molecule has 4 rings (SSSR count). The zero-order valence-electron chi connectivity index (χ0n) is 33.0. The molecule has 1 aromatic rings. The molecule has 3 aliphatic rings. The number of hydrogen-bond acceptors (Lipinski definition) is 12. The van der Waals surface area contributed by atoms with Crippen molar-refractivity contribution in [2.45, 2.75) is 135 Å². The SMILES string of the molecule is CC[C@H]1OC(=O)[C@H](C)C(=O)[C@H](C)[C@@H](O[C@@H]2O[C@H](C)C[C@H](N(C)C)[C@H]2O)[C@](C)(OC)C[C@@H](C)C(=O)[C@H](C)[C@H]2N(NC(=O)Cc3ccccc3)C(=O)O[C@]12C. The van der Waals surface area contributed by atoms with Crippen LogP contribution in [0.1, 0.15) is 80.2 Å². The number of rotatable bonds is 8. The van der Waals surface area contributed by atoms with Crippen LogP contribution in [0.25, 0.3) is 0 Å². The van der Waals surface area contributed by atoms with E-state index in [2.05, 4.69) is 5.43 Å². The van der Waals surface area contributed by atoms with Crippen LogP contribution in [-0.4, -0.2) is 120 Å². The minimum absolute atomic E-state index is 0.0438. The summed E-state index contributed by atoms with van der Waals surface area (Å²) in [5.41, 5.74) is 0.458. The first-order valence-electron chi connectivity index (χ1n) is 18.6. The standard InChI is InChI=1S/C39H59N3O11/c1-12-28-39(8)33(42(37(48)53-39)40-29(43)19-26-16-14-13-15-17-26)23(4)30(44)21(2)20-38(7,49-11)34(24(5)31(45)25(6)35(47)51-28)52-36-32(46)27(41(9)10)18-22(3)50-36/h13-17,21-25,27-28,32-34,36,46H,12,18-20H2,1-11H3,(H,40,43)/t21-,22-,23+,24+,25-,27+,28-,32-,33-,34-,36+,38-,39-/m1/s1. The number of esters is 1. The predicted molar refractivity (Wildman–Crippen MR) is 193 cm³/mol. The molecule has 0 spiro atoms. The number of hydrogen-bond donors (Lipinski definition) is 2. The summed E-state index contributed by atoms with van der Waals surface area (Å²) in [6, 6.07) is 7.58. The number of ketones is 2. The van der Waals surface area contributed by atoms with E-state index in [1.54, 1.807) is 65.8 Å². The molecule has 2 N–H and O–H groups in total. The fourth-order valence-electron chi connectivity index (χ4n) is 8.44. The fourth-order valence-corrected chi connectivity index (χ4v) is 8.44. The highest BCUT2D eigenvalue weighted by Crippen LogP contribution is 2.42. The molecule has 0 aliphatic carbocycles. The van der Waals surface area contributed by atoms with Gasteiger partial charge in [0.25, 0.3) is 0 Å². The molecule has 3 heterocycles. The van der Waals surface area contributed by atoms with Gasteiger partial charge in [0, 0.05) is 30.9 Å². The molecule has 3 aliphatic heterocycles. The second-order valence-corrected chi connectivity index (χ2v) is 15.8. The van der Waals surface area contributed by atoms with Crippen molar-refractivity contribution >= 4 is 29.5 Å².